The number of rotatable bonds is 6. The number of alkyl halides is 3. The second-order valence-corrected chi connectivity index (χ2v) is 54.9. The number of carbonyl (C=O) groups excluding carboxylic acids is 3. The highest BCUT2D eigenvalue weighted by molar-refractivity contribution is 5.82. The molecule has 0 bridgehead atoms. The van der Waals surface area contributed by atoms with Crippen LogP contribution in [0.15, 0.2) is 0 Å². The molecule has 13 heterocycles. The van der Waals surface area contributed by atoms with E-state index in [-0.39, 0.29) is 104 Å². The van der Waals surface area contributed by atoms with Crippen molar-refractivity contribution >= 4 is 17.6 Å². The minimum atomic E-state index is -2.42. The van der Waals surface area contributed by atoms with Crippen LogP contribution in [-0.2, 0) is 23.9 Å². The quantitative estimate of drug-likeness (QED) is 0.123. The summed E-state index contributed by atoms with van der Waals surface area (Å²) < 4.78 is 48.5. The highest BCUT2D eigenvalue weighted by atomic mass is 19.3. The van der Waals surface area contributed by atoms with Gasteiger partial charge in [-0.15, -0.1) is 0 Å². The summed E-state index contributed by atoms with van der Waals surface area (Å²) in [5.41, 5.74) is 12.8. The zero-order valence-electron chi connectivity index (χ0n) is 94.6. The van der Waals surface area contributed by atoms with Gasteiger partial charge in [0.05, 0.1) is 81.1 Å². The van der Waals surface area contributed by atoms with Gasteiger partial charge in [0, 0.05) is 223 Å². The third kappa shape index (κ3) is 44.5. The molecule has 2 amide bonds. The molecule has 0 aromatic carbocycles. The van der Waals surface area contributed by atoms with Crippen molar-refractivity contribution in [3.05, 3.63) is 11.4 Å². The van der Waals surface area contributed by atoms with Crippen LogP contribution in [0.5, 0.6) is 0 Å². The van der Waals surface area contributed by atoms with E-state index < -0.39 is 17.7 Å². The predicted molar refractivity (Wildman–Crippen MR) is 546 cm³/mol. The topological polar surface area (TPSA) is 229 Å². The average molecular weight is 1890 g/mol. The number of likely N-dealkylation sites (tertiary alicyclic amines) is 12. The van der Waals surface area contributed by atoms with E-state index in [0.717, 1.165) is 128 Å². The molecule has 13 aliphatic rings. The first-order valence-corrected chi connectivity index (χ1v) is 49.7. The Kier molecular flexibility index (Phi) is 46.5. The minimum Gasteiger partial charge on any atom is -0.396 e. The smallest absolute Gasteiger partial charge is 0.272 e. The van der Waals surface area contributed by atoms with Gasteiger partial charge in [-0.3, -0.25) is 73.2 Å². The lowest BCUT2D eigenvalue weighted by atomic mass is 9.78. The van der Waals surface area contributed by atoms with Gasteiger partial charge in [-0.2, -0.15) is 0 Å². The average Bonchev–Trinajstić information content (AvgIpc) is 0.757. The fourth-order valence-corrected chi connectivity index (χ4v) is 15.8. The summed E-state index contributed by atoms with van der Waals surface area (Å²) in [6, 6.07) is 0.481. The largest absolute Gasteiger partial charge is 0.396 e. The van der Waals surface area contributed by atoms with Crippen LogP contribution in [0.25, 0.3) is 4.85 Å². The van der Waals surface area contributed by atoms with E-state index >= 15 is 0 Å². The van der Waals surface area contributed by atoms with Gasteiger partial charge in [0.25, 0.3) is 5.92 Å². The number of hydrogen-bond acceptors (Lipinski definition) is 21. The predicted octanol–water partition coefficient (Wildman–Crippen LogP) is 14.3. The van der Waals surface area contributed by atoms with E-state index in [4.69, 9.17) is 37.7 Å². The van der Waals surface area contributed by atoms with Crippen LogP contribution in [0.3, 0.4) is 0 Å². The van der Waals surface area contributed by atoms with Crippen molar-refractivity contribution in [3.63, 3.8) is 0 Å². The molecule has 132 heavy (non-hydrogen) atoms. The number of carbonyl (C=O) groups is 3. The van der Waals surface area contributed by atoms with Gasteiger partial charge in [0.1, 0.15) is 25.3 Å². The number of primary amides is 2. The molecule has 0 aromatic rings. The maximum atomic E-state index is 12.3. The molecule has 28 heteroatoms. The fraction of sp³-hybridized carbons (Fsp3) is 0.962. The molecular weight excluding hydrogens is 1670 g/mol. The first kappa shape index (κ1) is 127. The Morgan fingerprint density at radius 3 is 0.932 bits per heavy atom. The Balaban J connectivity index is 0.000000715. The van der Waals surface area contributed by atoms with Crippen LogP contribution in [0.1, 0.15) is 311 Å². The van der Waals surface area contributed by atoms with Crippen molar-refractivity contribution in [2.45, 2.75) is 431 Å². The van der Waals surface area contributed by atoms with Crippen molar-refractivity contribution in [1.82, 2.24) is 63.7 Å². The van der Waals surface area contributed by atoms with E-state index in [2.05, 4.69) is 341 Å². The molecule has 13 aliphatic heterocycles. The third-order valence-electron chi connectivity index (χ3n) is 27.5. The number of methoxy groups -OCH3 is 2. The number of hydrogen-bond donors (Lipinski definition) is 5. The SMILES string of the molecule is CC(=O)C1CCN1C(C)(C)C.CC(C)(C)N1CC(C(N)=O)C1.CC(C)(C)N1CC(CO)C1.CC(C)(C)N1CC(F)(F)C1.CC(C)(C)N1CC(F)C1.CC(C)(C)N1CC(O)C1.CC(C)(C)N1C[N+](C)(C)C1.CC1(C(N)=O)CN(C(C)(C)C)C1.CC1(O)CN(C(C)(C)C)C1.CC1CN(C(C)(C)C)C1.COC1(C)CN(C(C)(C)C)C1.COC1CN(C(C)(C)C)C1.[C-]#[N+]C1CN(C(C)(C)C)C1. The maximum absolute atomic E-state index is 12.3. The molecule has 0 spiro atoms. The number of quaternary nitrogens is 1. The molecule has 7 N–H and O–H groups in total. The number of aliphatic hydroxyl groups excluding tert-OH is 2. The Hall–Kier alpha value is -2.87. The standard InChI is InChI=1S/C9H18N2O.C9H19NO.C9H17NO.C8H16N2O.C8H19N2.C8H14N2.3C8H17NO.C8H17N.C7H13F2N.C7H14FN.C7H15NO/c1-8(2,3)11-5-9(4,6-11)7(10)12;1-8(2,3)10-6-9(4,7-10)11-5;1-7(11)8-5-6-10(8)9(2,3)4;1-8(2,3)10-4-6(5-10)7(9)11;1-8(2,3)9-6-10(4,5)7-9;1-8(2,3)10-5-7(6-10)9-4;1-8(2,3)9-5-7(6-9)10-4;1-8(2,3)9-4-7(5-9)6-10;1-7(2,3)9-5-8(4,10)6-9;1-7-5-9(6-7)8(2,3)4;1-6(2,3)10-4-7(8,9)5-10;1-7(2,3)9-4-6(8)5-9;1-7(2,3)8-4-6(9)5-8/h5-6H2,1-4H3,(H2,10,12);6-7H2,1-5H3;8H,5-6H2,1-4H3;6H,4-5H2,1-3H3,(H2,9,11);6-7H2,1-5H3;7H,5-6H2,1-3H3;7H,5-6H2,1-4H3;7,10H,4-6H2,1-3H3;10H,5-6H2,1-4H3;7H,5-6H2,1-4H3;4-5H2,1-3H3;6H,4-5H2,1-3H3;6,9H,4-5H2,1-3H3/q;;;;+1;;;;;;;;. The highest BCUT2D eigenvalue weighted by Crippen LogP contribution is 2.38. The Bertz CT molecular complexity index is 3220. The number of amides is 2. The number of aliphatic hydroxyl groups is 3. The summed E-state index contributed by atoms with van der Waals surface area (Å²) in [6.07, 6.45) is 0.903. The summed E-state index contributed by atoms with van der Waals surface area (Å²) >= 11 is 0. The molecule has 13 saturated heterocycles. The normalized spacial score (nSPS) is 24.1. The molecule has 0 aliphatic carbocycles. The van der Waals surface area contributed by atoms with Gasteiger partial charge in [0.2, 0.25) is 17.9 Å². The van der Waals surface area contributed by atoms with Gasteiger partial charge < -0.3 is 45.6 Å². The van der Waals surface area contributed by atoms with Crippen molar-refractivity contribution < 1.29 is 56.8 Å². The van der Waals surface area contributed by atoms with Gasteiger partial charge in [0.15, 0.2) is 0 Å². The number of nitrogens with two attached hydrogens (primary N) is 2. The molecule has 1 unspecified atom stereocenters. The van der Waals surface area contributed by atoms with E-state index in [0.29, 0.717) is 65.2 Å². The van der Waals surface area contributed by atoms with Crippen molar-refractivity contribution in [2.75, 3.05) is 199 Å². The monoisotopic (exact) mass is 1890 g/mol. The van der Waals surface area contributed by atoms with Gasteiger partial charge in [-0.1, -0.05) is 6.92 Å². The zero-order chi connectivity index (χ0) is 104. The first-order chi connectivity index (χ1) is 58.5. The second-order valence-electron chi connectivity index (χ2n) is 54.9. The summed E-state index contributed by atoms with van der Waals surface area (Å²) in [5, 5.41) is 27.1. The van der Waals surface area contributed by atoms with E-state index in [1.807, 2.05) is 34.6 Å². The van der Waals surface area contributed by atoms with Crippen LogP contribution in [0.2, 0.25) is 0 Å². The highest BCUT2D eigenvalue weighted by Gasteiger charge is 2.51. The molecule has 1 atom stereocenters. The Labute approximate surface area is 809 Å². The molecule has 13 fully saturated rings. The maximum Gasteiger partial charge on any atom is 0.272 e. The number of ether oxygens (including phenoxy) is 2. The van der Waals surface area contributed by atoms with Gasteiger partial charge >= 0.3 is 0 Å². The van der Waals surface area contributed by atoms with Crippen LogP contribution >= 0.6 is 0 Å². The molecular formula is C104H213F3N17O8+. The summed E-state index contributed by atoms with van der Waals surface area (Å²) in [6.45, 7) is 124. The summed E-state index contributed by atoms with van der Waals surface area (Å²) in [7, 11) is 8.11. The number of ketones is 1. The van der Waals surface area contributed by atoms with E-state index in [1.165, 1.54) is 26.4 Å². The third-order valence-corrected chi connectivity index (χ3v) is 27.5. The Morgan fingerprint density at radius 2 is 0.742 bits per heavy atom. The molecule has 13 rings (SSSR count). The number of β-amino-alcohol motifs (C(OH)–C–C–N with tert-alkyl or cyclic N) is 2. The summed E-state index contributed by atoms with van der Waals surface area (Å²) in [5.74, 6) is -0.884. The van der Waals surface area contributed by atoms with E-state index in [9.17, 15) is 32.7 Å². The molecule has 0 saturated carbocycles. The number of nitrogens with zero attached hydrogens (tertiary/aromatic N) is 15. The lowest BCUT2D eigenvalue weighted by Crippen LogP contribution is -2.69. The van der Waals surface area contributed by atoms with Crippen LogP contribution in [0.4, 0.5) is 13.2 Å². The van der Waals surface area contributed by atoms with E-state index in [1.54, 1.807) is 26.0 Å². The molecule has 25 nitrogen and oxygen atoms in total. The Morgan fingerprint density at radius 1 is 0.439 bits per heavy atom. The summed E-state index contributed by atoms with van der Waals surface area (Å²) in [4.78, 5) is 65.9. The second kappa shape index (κ2) is 48.3. The molecule has 0 radical (unpaired) electrons. The molecule has 0 aromatic heterocycles. The van der Waals surface area contributed by atoms with Crippen molar-refractivity contribution in [2.24, 2.45) is 34.6 Å². The van der Waals surface area contributed by atoms with Gasteiger partial charge in [-0.05, 0) is 310 Å². The number of halogens is 3. The fourth-order valence-electron chi connectivity index (χ4n) is 15.8. The minimum absolute atomic E-state index is 0.0655. The first-order valence-electron chi connectivity index (χ1n) is 49.7. The lowest BCUT2D eigenvalue weighted by molar-refractivity contribution is -0.965. The van der Waals surface area contributed by atoms with Crippen LogP contribution < -0.4 is 11.5 Å². The number of Topliss-reactive ketones (excluding diaryl/α,β-unsaturated/α-hetero) is 1. The van der Waals surface area contributed by atoms with Crippen LogP contribution in [0, 0.1) is 29.7 Å². The van der Waals surface area contributed by atoms with Gasteiger partial charge in [-0.25, -0.2) is 24.6 Å². The lowest BCUT2D eigenvalue weighted by Gasteiger charge is -2.53. The van der Waals surface area contributed by atoms with Crippen molar-refractivity contribution in [3.8, 4) is 0 Å². The molecule has 782 valence electrons. The zero-order valence-corrected chi connectivity index (χ0v) is 94.6. The van der Waals surface area contributed by atoms with Crippen LogP contribution in [-0.4, -0.2) is 419 Å². The van der Waals surface area contributed by atoms with Crippen molar-refractivity contribution in [1.29, 1.82) is 0 Å².